The molecule has 0 aromatic heterocycles. The van der Waals surface area contributed by atoms with Crippen LogP contribution in [0.15, 0.2) is 0 Å². The highest BCUT2D eigenvalue weighted by molar-refractivity contribution is 5.75. The number of carbonyl (C=O) groups excluding carboxylic acids is 1. The molecule has 0 heterocycles. The van der Waals surface area contributed by atoms with Gasteiger partial charge in [-0.05, 0) is 34.1 Å². The zero-order valence-corrected chi connectivity index (χ0v) is 11.8. The van der Waals surface area contributed by atoms with Crippen LogP contribution in [0, 0.1) is 0 Å². The van der Waals surface area contributed by atoms with Gasteiger partial charge in [0, 0.05) is 19.0 Å². The summed E-state index contributed by atoms with van der Waals surface area (Å²) in [4.78, 5) is 23.9. The lowest BCUT2D eigenvalue weighted by Gasteiger charge is -2.37. The van der Waals surface area contributed by atoms with Crippen molar-refractivity contribution in [1.29, 1.82) is 0 Å². The maximum Gasteiger partial charge on any atom is 0.318 e. The van der Waals surface area contributed by atoms with Crippen molar-refractivity contribution in [2.75, 3.05) is 13.7 Å². The second kappa shape index (κ2) is 6.04. The number of carboxylic acid groups (broad SMARTS) is 1. The number of carbonyl (C=O) groups is 2. The molecule has 0 aliphatic heterocycles. The fraction of sp³-hybridized carbons (Fsp3) is 0.833. The topological polar surface area (TPSA) is 89.9 Å². The van der Waals surface area contributed by atoms with E-state index in [1.165, 1.54) is 4.90 Å². The highest BCUT2D eigenvalue weighted by Crippen LogP contribution is 2.15. The number of hydrogen-bond acceptors (Lipinski definition) is 3. The summed E-state index contributed by atoms with van der Waals surface area (Å²) in [5.74, 6) is -0.888. The van der Waals surface area contributed by atoms with Crippen LogP contribution in [0.5, 0.6) is 0 Å². The van der Waals surface area contributed by atoms with Crippen LogP contribution in [0.3, 0.4) is 0 Å². The summed E-state index contributed by atoms with van der Waals surface area (Å²) in [6.45, 7) is 6.89. The second-order valence-corrected chi connectivity index (χ2v) is 5.74. The van der Waals surface area contributed by atoms with Gasteiger partial charge in [-0.3, -0.25) is 4.79 Å². The third-order valence-electron chi connectivity index (χ3n) is 3.01. The Bertz CT molecular complexity index is 313. The van der Waals surface area contributed by atoms with Gasteiger partial charge < -0.3 is 20.4 Å². The zero-order chi connectivity index (χ0) is 14.6. The van der Waals surface area contributed by atoms with Gasteiger partial charge in [-0.15, -0.1) is 0 Å². The largest absolute Gasteiger partial charge is 0.481 e. The summed E-state index contributed by atoms with van der Waals surface area (Å²) in [5.41, 5.74) is -1.26. The highest BCUT2D eigenvalue weighted by atomic mass is 16.4. The predicted molar refractivity (Wildman–Crippen MR) is 68.4 cm³/mol. The number of nitrogens with one attached hydrogen (secondary N) is 1. The third-order valence-corrected chi connectivity index (χ3v) is 3.01. The molecule has 106 valence electrons. The van der Waals surface area contributed by atoms with E-state index in [-0.39, 0.29) is 19.1 Å². The Labute approximate surface area is 108 Å². The van der Waals surface area contributed by atoms with Crippen LogP contribution in [0.2, 0.25) is 0 Å². The van der Waals surface area contributed by atoms with Gasteiger partial charge in [0.2, 0.25) is 0 Å². The van der Waals surface area contributed by atoms with Crippen molar-refractivity contribution in [2.24, 2.45) is 0 Å². The number of urea groups is 1. The minimum Gasteiger partial charge on any atom is -0.481 e. The Morgan fingerprint density at radius 1 is 1.22 bits per heavy atom. The second-order valence-electron chi connectivity index (χ2n) is 5.74. The van der Waals surface area contributed by atoms with E-state index in [4.69, 9.17) is 5.11 Å². The highest BCUT2D eigenvalue weighted by Gasteiger charge is 2.30. The van der Waals surface area contributed by atoms with E-state index < -0.39 is 17.0 Å². The van der Waals surface area contributed by atoms with Crippen molar-refractivity contribution in [3.05, 3.63) is 0 Å². The molecule has 2 amide bonds. The van der Waals surface area contributed by atoms with Gasteiger partial charge in [0.1, 0.15) is 0 Å². The van der Waals surface area contributed by atoms with Gasteiger partial charge in [0.25, 0.3) is 0 Å². The Hall–Kier alpha value is -1.30. The molecule has 0 aliphatic rings. The van der Waals surface area contributed by atoms with Crippen LogP contribution in [0.25, 0.3) is 0 Å². The number of hydrogen-bond donors (Lipinski definition) is 3. The van der Waals surface area contributed by atoms with Crippen molar-refractivity contribution in [1.82, 2.24) is 10.2 Å². The molecule has 0 aliphatic carbocycles. The molecule has 0 unspecified atom stereocenters. The molecular formula is C12H24N2O4. The molecule has 0 radical (unpaired) electrons. The first-order chi connectivity index (χ1) is 8.02. The van der Waals surface area contributed by atoms with E-state index in [9.17, 15) is 14.7 Å². The molecule has 0 saturated carbocycles. The van der Waals surface area contributed by atoms with Crippen molar-refractivity contribution >= 4 is 12.0 Å². The third kappa shape index (κ3) is 5.35. The Kier molecular flexibility index (Phi) is 5.60. The van der Waals surface area contributed by atoms with E-state index in [2.05, 4.69) is 5.32 Å². The maximum absolute atomic E-state index is 12.0. The van der Waals surface area contributed by atoms with E-state index in [0.717, 1.165) is 0 Å². The molecule has 0 rings (SSSR count). The molecule has 6 heteroatoms. The summed E-state index contributed by atoms with van der Waals surface area (Å²) in [6, 6.07) is -0.329. The first kappa shape index (κ1) is 16.7. The Balaban J connectivity index is 4.50. The van der Waals surface area contributed by atoms with Gasteiger partial charge >= 0.3 is 12.0 Å². The summed E-state index contributed by atoms with van der Waals surface area (Å²) in [5, 5.41) is 20.6. The van der Waals surface area contributed by atoms with Crippen LogP contribution >= 0.6 is 0 Å². The van der Waals surface area contributed by atoms with Gasteiger partial charge in [-0.25, -0.2) is 4.79 Å². The number of aliphatic hydroxyl groups excluding tert-OH is 1. The molecular weight excluding hydrogens is 236 g/mol. The number of carboxylic acids is 1. The van der Waals surface area contributed by atoms with Crippen LogP contribution < -0.4 is 5.32 Å². The van der Waals surface area contributed by atoms with Crippen molar-refractivity contribution < 1.29 is 19.8 Å². The fourth-order valence-corrected chi connectivity index (χ4v) is 1.24. The maximum atomic E-state index is 12.0. The number of nitrogens with zero attached hydrogens (tertiary/aromatic N) is 1. The molecule has 0 aromatic rings. The van der Waals surface area contributed by atoms with E-state index in [1.807, 2.05) is 0 Å². The number of rotatable bonds is 6. The normalized spacial score (nSPS) is 12.1. The molecule has 18 heavy (non-hydrogen) atoms. The lowest BCUT2D eigenvalue weighted by atomic mass is 9.98. The number of likely N-dealkylation sites (N-methyl/N-ethyl adjacent to an activating group) is 1. The van der Waals surface area contributed by atoms with Gasteiger partial charge in [0.15, 0.2) is 0 Å². The summed E-state index contributed by atoms with van der Waals surface area (Å²) < 4.78 is 0. The number of aliphatic hydroxyl groups is 1. The number of aliphatic carboxylic acids is 1. The molecule has 0 spiro atoms. The molecule has 0 fully saturated rings. The van der Waals surface area contributed by atoms with Crippen LogP contribution in [-0.4, -0.2) is 51.8 Å². The summed E-state index contributed by atoms with van der Waals surface area (Å²) in [7, 11) is 1.60. The summed E-state index contributed by atoms with van der Waals surface area (Å²) >= 11 is 0. The quantitative estimate of drug-likeness (QED) is 0.665. The van der Waals surface area contributed by atoms with E-state index >= 15 is 0 Å². The molecule has 6 nitrogen and oxygen atoms in total. The average Bonchev–Trinajstić information content (AvgIpc) is 2.24. The van der Waals surface area contributed by atoms with Crippen LogP contribution in [0.4, 0.5) is 4.79 Å². The SMILES string of the molecule is CN(C(=O)NC(C)(C)CCC(=O)O)C(C)(C)CO. The first-order valence-electron chi connectivity index (χ1n) is 5.90. The van der Waals surface area contributed by atoms with E-state index in [0.29, 0.717) is 6.42 Å². The van der Waals surface area contributed by atoms with Crippen LogP contribution in [0.1, 0.15) is 40.5 Å². The number of amides is 2. The lowest BCUT2D eigenvalue weighted by molar-refractivity contribution is -0.137. The van der Waals surface area contributed by atoms with Gasteiger partial charge in [-0.1, -0.05) is 0 Å². The van der Waals surface area contributed by atoms with Gasteiger partial charge in [0.05, 0.1) is 12.1 Å². The zero-order valence-electron chi connectivity index (χ0n) is 11.8. The molecule has 0 aromatic carbocycles. The monoisotopic (exact) mass is 260 g/mol. The van der Waals surface area contributed by atoms with Crippen LogP contribution in [-0.2, 0) is 4.79 Å². The Morgan fingerprint density at radius 3 is 2.11 bits per heavy atom. The minimum atomic E-state index is -0.888. The van der Waals surface area contributed by atoms with Gasteiger partial charge in [-0.2, -0.15) is 0 Å². The molecule has 3 N–H and O–H groups in total. The first-order valence-corrected chi connectivity index (χ1v) is 5.90. The predicted octanol–water partition coefficient (Wildman–Crippen LogP) is 1.04. The lowest BCUT2D eigenvalue weighted by Crippen LogP contribution is -2.56. The van der Waals surface area contributed by atoms with Crippen molar-refractivity contribution in [3.8, 4) is 0 Å². The standard InChI is InChI=1S/C12H24N2O4/c1-11(2,7-6-9(16)17)13-10(18)14(5)12(3,4)8-15/h15H,6-8H2,1-5H3,(H,13,18)(H,16,17). The fourth-order valence-electron chi connectivity index (χ4n) is 1.24. The van der Waals surface area contributed by atoms with E-state index in [1.54, 1.807) is 34.7 Å². The van der Waals surface area contributed by atoms with Crippen molar-refractivity contribution in [2.45, 2.75) is 51.6 Å². The van der Waals surface area contributed by atoms with Crippen molar-refractivity contribution in [3.63, 3.8) is 0 Å². The summed E-state index contributed by atoms with van der Waals surface area (Å²) in [6.07, 6.45) is 0.349. The molecule has 0 atom stereocenters. The molecule has 0 bridgehead atoms. The minimum absolute atomic E-state index is 0.000384. The smallest absolute Gasteiger partial charge is 0.318 e. The Morgan fingerprint density at radius 2 is 1.72 bits per heavy atom. The average molecular weight is 260 g/mol. The molecule has 0 saturated heterocycles.